The predicted molar refractivity (Wildman–Crippen MR) is 340 cm³/mol. The number of hydrogen-bond donors (Lipinski definition) is 3. The Morgan fingerprint density at radius 2 is 0.600 bits per heavy atom. The standard InChI is InChI=1S/C66H128O17P2/c1-7-10-12-14-16-18-19-20-21-22-26-30-37-43-49-64(69)77-54-61(82-65(70)50-44-38-31-27-24-23-25-28-35-41-47-59(6)9-3)56-80-84(72,73)78-52-60(67)53-79-85(74,75)81-57-62(55-76-63(68)48-42-36-29-17-15-13-11-8-2)83-66(71)51-45-39-33-32-34-40-46-58(4)5/h58-62,67H,7-57H2,1-6H3,(H,72,73)(H,74,75)/t59?,60-,61-,62-/m1/s1. The van der Waals surface area contributed by atoms with E-state index in [-0.39, 0.29) is 25.7 Å². The Morgan fingerprint density at radius 3 is 0.894 bits per heavy atom. The molecule has 0 fully saturated rings. The van der Waals surface area contributed by atoms with Gasteiger partial charge in [-0.1, -0.05) is 279 Å². The van der Waals surface area contributed by atoms with Crippen molar-refractivity contribution in [1.82, 2.24) is 0 Å². The number of unbranched alkanes of at least 4 members (excludes halogenated alkanes) is 34. The van der Waals surface area contributed by atoms with Gasteiger partial charge < -0.3 is 33.8 Å². The quantitative estimate of drug-likeness (QED) is 0.0222. The van der Waals surface area contributed by atoms with Crippen LogP contribution in [0.1, 0.15) is 330 Å². The summed E-state index contributed by atoms with van der Waals surface area (Å²) in [4.78, 5) is 72.2. The van der Waals surface area contributed by atoms with Crippen molar-refractivity contribution in [2.75, 3.05) is 39.6 Å². The fourth-order valence-electron chi connectivity index (χ4n) is 9.85. The van der Waals surface area contributed by atoms with Crippen LogP contribution in [-0.2, 0) is 65.4 Å². The summed E-state index contributed by atoms with van der Waals surface area (Å²) in [5.41, 5.74) is 0. The molecule has 0 heterocycles. The van der Waals surface area contributed by atoms with Crippen molar-refractivity contribution in [3.8, 4) is 0 Å². The van der Waals surface area contributed by atoms with Gasteiger partial charge in [-0.05, 0) is 37.5 Å². The molecule has 6 atom stereocenters. The van der Waals surface area contributed by atoms with E-state index in [1.165, 1.54) is 141 Å². The monoisotopic (exact) mass is 1250 g/mol. The predicted octanol–water partition coefficient (Wildman–Crippen LogP) is 18.4. The summed E-state index contributed by atoms with van der Waals surface area (Å²) in [6.07, 6.45) is 41.8. The Hall–Kier alpha value is -1.94. The topological polar surface area (TPSA) is 237 Å². The highest BCUT2D eigenvalue weighted by molar-refractivity contribution is 7.47. The molecule has 3 N–H and O–H groups in total. The summed E-state index contributed by atoms with van der Waals surface area (Å²) in [5.74, 6) is -0.663. The molecule has 17 nitrogen and oxygen atoms in total. The van der Waals surface area contributed by atoms with Crippen LogP contribution in [-0.4, -0.2) is 96.7 Å². The van der Waals surface area contributed by atoms with Crippen molar-refractivity contribution in [3.05, 3.63) is 0 Å². The van der Waals surface area contributed by atoms with Gasteiger partial charge in [0.15, 0.2) is 12.2 Å². The summed E-state index contributed by atoms with van der Waals surface area (Å²) in [6, 6.07) is 0. The zero-order chi connectivity index (χ0) is 62.9. The minimum absolute atomic E-state index is 0.102. The first-order chi connectivity index (χ1) is 40.9. The summed E-state index contributed by atoms with van der Waals surface area (Å²) in [7, 11) is -9.89. The van der Waals surface area contributed by atoms with Crippen LogP contribution in [0.5, 0.6) is 0 Å². The average Bonchev–Trinajstić information content (AvgIpc) is 3.53. The van der Waals surface area contributed by atoms with E-state index >= 15 is 0 Å². The number of rotatable bonds is 65. The van der Waals surface area contributed by atoms with Gasteiger partial charge in [-0.25, -0.2) is 9.13 Å². The molecule has 0 spiro atoms. The number of carbonyl (C=O) groups excluding carboxylic acids is 4. The van der Waals surface area contributed by atoms with E-state index in [4.69, 9.17) is 37.0 Å². The second-order valence-corrected chi connectivity index (χ2v) is 27.5. The smallest absolute Gasteiger partial charge is 0.462 e. The first-order valence-corrected chi connectivity index (χ1v) is 37.5. The zero-order valence-corrected chi connectivity index (χ0v) is 56.7. The third-order valence-corrected chi connectivity index (χ3v) is 17.5. The van der Waals surface area contributed by atoms with E-state index in [0.717, 1.165) is 102 Å². The summed E-state index contributed by atoms with van der Waals surface area (Å²) in [5, 5.41) is 10.5. The molecule has 0 aromatic carbocycles. The fraction of sp³-hybridized carbons (Fsp3) is 0.939. The molecular formula is C66H128O17P2. The molecule has 504 valence electrons. The van der Waals surface area contributed by atoms with Crippen molar-refractivity contribution in [1.29, 1.82) is 0 Å². The molecule has 0 aliphatic carbocycles. The highest BCUT2D eigenvalue weighted by atomic mass is 31.2. The van der Waals surface area contributed by atoms with Crippen molar-refractivity contribution in [2.24, 2.45) is 11.8 Å². The van der Waals surface area contributed by atoms with Gasteiger partial charge in [-0.15, -0.1) is 0 Å². The lowest BCUT2D eigenvalue weighted by molar-refractivity contribution is -0.161. The van der Waals surface area contributed by atoms with Crippen LogP contribution >= 0.6 is 15.6 Å². The normalized spacial score (nSPS) is 14.6. The van der Waals surface area contributed by atoms with Gasteiger partial charge in [0.1, 0.15) is 19.3 Å². The number of ether oxygens (including phenoxy) is 4. The summed E-state index contributed by atoms with van der Waals surface area (Å²) < 4.78 is 68.0. The molecule has 85 heavy (non-hydrogen) atoms. The third-order valence-electron chi connectivity index (χ3n) is 15.6. The van der Waals surface area contributed by atoms with Crippen molar-refractivity contribution < 1.29 is 80.2 Å². The number of aliphatic hydroxyl groups excluding tert-OH is 1. The molecule has 0 saturated carbocycles. The number of phosphoric acid groups is 2. The Bertz CT molecular complexity index is 1670. The molecule has 19 heteroatoms. The van der Waals surface area contributed by atoms with Crippen LogP contribution in [0.2, 0.25) is 0 Å². The van der Waals surface area contributed by atoms with E-state index < -0.39 is 97.5 Å². The van der Waals surface area contributed by atoms with Crippen LogP contribution < -0.4 is 0 Å². The van der Waals surface area contributed by atoms with E-state index in [1.807, 2.05) is 0 Å². The lowest BCUT2D eigenvalue weighted by Gasteiger charge is -2.21. The maximum absolute atomic E-state index is 13.0. The Balaban J connectivity index is 5.22. The zero-order valence-electron chi connectivity index (χ0n) is 54.9. The summed E-state index contributed by atoms with van der Waals surface area (Å²) in [6.45, 7) is 9.42. The van der Waals surface area contributed by atoms with Gasteiger partial charge in [-0.3, -0.25) is 37.3 Å². The van der Waals surface area contributed by atoms with Crippen LogP contribution in [0, 0.1) is 11.8 Å². The van der Waals surface area contributed by atoms with Gasteiger partial charge in [-0.2, -0.15) is 0 Å². The highest BCUT2D eigenvalue weighted by Gasteiger charge is 2.30. The third kappa shape index (κ3) is 59.5. The van der Waals surface area contributed by atoms with E-state index in [0.29, 0.717) is 31.6 Å². The van der Waals surface area contributed by atoms with E-state index in [9.17, 15) is 43.2 Å². The molecule has 0 aromatic rings. The van der Waals surface area contributed by atoms with Crippen LogP contribution in [0.15, 0.2) is 0 Å². The van der Waals surface area contributed by atoms with Gasteiger partial charge in [0, 0.05) is 25.7 Å². The molecule has 3 unspecified atom stereocenters. The second kappa shape index (κ2) is 58.4. The lowest BCUT2D eigenvalue weighted by atomic mass is 9.99. The van der Waals surface area contributed by atoms with Gasteiger partial charge >= 0.3 is 39.5 Å². The second-order valence-electron chi connectivity index (χ2n) is 24.6. The number of carbonyl (C=O) groups is 4. The van der Waals surface area contributed by atoms with Crippen LogP contribution in [0.3, 0.4) is 0 Å². The van der Waals surface area contributed by atoms with Crippen molar-refractivity contribution in [3.63, 3.8) is 0 Å². The Labute approximate surface area is 517 Å². The number of esters is 4. The largest absolute Gasteiger partial charge is 0.472 e. The molecule has 0 radical (unpaired) electrons. The first kappa shape index (κ1) is 83.1. The van der Waals surface area contributed by atoms with Crippen molar-refractivity contribution in [2.45, 2.75) is 349 Å². The molecule has 0 aliphatic rings. The van der Waals surface area contributed by atoms with Crippen molar-refractivity contribution >= 4 is 39.5 Å². The molecule has 0 saturated heterocycles. The van der Waals surface area contributed by atoms with E-state index in [1.54, 1.807) is 0 Å². The van der Waals surface area contributed by atoms with E-state index in [2.05, 4.69) is 41.5 Å². The minimum Gasteiger partial charge on any atom is -0.462 e. The molecule has 0 aliphatic heterocycles. The Morgan fingerprint density at radius 1 is 0.341 bits per heavy atom. The molecule has 0 amide bonds. The lowest BCUT2D eigenvalue weighted by Crippen LogP contribution is -2.30. The van der Waals surface area contributed by atoms with Crippen LogP contribution in [0.25, 0.3) is 0 Å². The fourth-order valence-corrected chi connectivity index (χ4v) is 11.4. The van der Waals surface area contributed by atoms with Gasteiger partial charge in [0.05, 0.1) is 26.4 Å². The number of aliphatic hydroxyl groups is 1. The number of phosphoric ester groups is 2. The SMILES string of the molecule is CCCCCCCCCCCCCCCCC(=O)OC[C@H](COP(=O)(O)OC[C@@H](O)COP(=O)(O)OC[C@@H](COC(=O)CCCCCCCCCC)OC(=O)CCCCCCCCC(C)C)OC(=O)CCCCCCCCCCCCC(C)CC. The molecular weight excluding hydrogens is 1130 g/mol. The first-order valence-electron chi connectivity index (χ1n) is 34.5. The summed E-state index contributed by atoms with van der Waals surface area (Å²) >= 11 is 0. The minimum atomic E-state index is -4.95. The highest BCUT2D eigenvalue weighted by Crippen LogP contribution is 2.45. The Kier molecular flexibility index (Phi) is 57.1. The average molecular weight is 1260 g/mol. The molecule has 0 aromatic heterocycles. The maximum atomic E-state index is 13.0. The number of hydrogen-bond acceptors (Lipinski definition) is 15. The molecule has 0 bridgehead atoms. The maximum Gasteiger partial charge on any atom is 0.472 e. The van der Waals surface area contributed by atoms with Gasteiger partial charge in [0.25, 0.3) is 0 Å². The molecule has 0 rings (SSSR count). The van der Waals surface area contributed by atoms with Crippen LogP contribution in [0.4, 0.5) is 0 Å². The van der Waals surface area contributed by atoms with Gasteiger partial charge in [0.2, 0.25) is 0 Å².